The lowest BCUT2D eigenvalue weighted by atomic mass is 9.79. The molecule has 0 aromatic heterocycles. The zero-order valence-electron chi connectivity index (χ0n) is 12.0. The van der Waals surface area contributed by atoms with Gasteiger partial charge in [-0.05, 0) is 45.1 Å². The minimum Gasteiger partial charge on any atom is -0.389 e. The van der Waals surface area contributed by atoms with Crippen LogP contribution in [0.3, 0.4) is 0 Å². The van der Waals surface area contributed by atoms with Crippen molar-refractivity contribution in [3.8, 4) is 0 Å². The molecule has 0 atom stereocenters. The van der Waals surface area contributed by atoms with E-state index in [1.165, 1.54) is 0 Å². The highest BCUT2D eigenvalue weighted by Crippen LogP contribution is 2.32. The third-order valence-corrected chi connectivity index (χ3v) is 3.91. The quantitative estimate of drug-likeness (QED) is 0.755. The Morgan fingerprint density at radius 2 is 2.00 bits per heavy atom. The summed E-state index contributed by atoms with van der Waals surface area (Å²) in [4.78, 5) is 13.6. The number of amides is 1. The maximum atomic E-state index is 11.6. The van der Waals surface area contributed by atoms with Gasteiger partial charge in [0.1, 0.15) is 0 Å². The van der Waals surface area contributed by atoms with Crippen molar-refractivity contribution < 1.29 is 9.90 Å². The molecule has 1 aliphatic rings. The van der Waals surface area contributed by atoms with E-state index in [1.54, 1.807) is 0 Å². The Morgan fingerprint density at radius 3 is 2.50 bits per heavy atom. The molecule has 4 heteroatoms. The van der Waals surface area contributed by atoms with E-state index in [2.05, 4.69) is 12.2 Å². The van der Waals surface area contributed by atoms with Gasteiger partial charge in [0.05, 0.1) is 12.1 Å². The maximum absolute atomic E-state index is 11.6. The Bertz CT molecular complexity index is 261. The van der Waals surface area contributed by atoms with E-state index >= 15 is 0 Å². The van der Waals surface area contributed by atoms with Gasteiger partial charge >= 0.3 is 0 Å². The molecule has 0 spiro atoms. The molecule has 1 rings (SSSR count). The molecule has 0 radical (unpaired) electrons. The summed E-state index contributed by atoms with van der Waals surface area (Å²) in [6, 6.07) is 0. The van der Waals surface area contributed by atoms with Crippen LogP contribution in [0.4, 0.5) is 0 Å². The number of rotatable bonds is 6. The molecule has 2 N–H and O–H groups in total. The average Bonchev–Trinajstić information content (AvgIpc) is 2.33. The number of hydrogen-bond acceptors (Lipinski definition) is 3. The third-order valence-electron chi connectivity index (χ3n) is 3.91. The van der Waals surface area contributed by atoms with Crippen LogP contribution in [-0.4, -0.2) is 47.7 Å². The Labute approximate surface area is 111 Å². The van der Waals surface area contributed by atoms with Crippen LogP contribution in [0.25, 0.3) is 0 Å². The number of nitrogens with zero attached hydrogens (tertiary/aromatic N) is 1. The van der Waals surface area contributed by atoms with Crippen molar-refractivity contribution in [2.75, 3.05) is 26.2 Å². The van der Waals surface area contributed by atoms with Crippen molar-refractivity contribution >= 4 is 5.91 Å². The largest absolute Gasteiger partial charge is 0.389 e. The molecule has 0 aliphatic heterocycles. The van der Waals surface area contributed by atoms with Gasteiger partial charge < -0.3 is 10.4 Å². The fraction of sp³-hybridized carbons (Fsp3) is 0.929. The summed E-state index contributed by atoms with van der Waals surface area (Å²) in [5.74, 6) is 0.774. The van der Waals surface area contributed by atoms with Gasteiger partial charge in [0.2, 0.25) is 5.91 Å². The molecule has 0 aromatic carbocycles. The molecule has 0 bridgehead atoms. The topological polar surface area (TPSA) is 52.6 Å². The van der Waals surface area contributed by atoms with Crippen LogP contribution >= 0.6 is 0 Å². The first-order valence-corrected chi connectivity index (χ1v) is 7.20. The highest BCUT2D eigenvalue weighted by Gasteiger charge is 2.33. The standard InChI is InChI=1S/C14H28N2O2/c1-4-15-13(17)10-16(5-2)11-14(18)8-6-12(3)7-9-14/h12,18H,4-11H2,1-3H3,(H,15,17). The van der Waals surface area contributed by atoms with Gasteiger partial charge in [-0.2, -0.15) is 0 Å². The van der Waals surface area contributed by atoms with Gasteiger partial charge in [-0.3, -0.25) is 9.69 Å². The Morgan fingerprint density at radius 1 is 1.39 bits per heavy atom. The smallest absolute Gasteiger partial charge is 0.234 e. The average molecular weight is 256 g/mol. The van der Waals surface area contributed by atoms with Crippen LogP contribution in [0.5, 0.6) is 0 Å². The van der Waals surface area contributed by atoms with E-state index in [0.717, 1.165) is 38.1 Å². The van der Waals surface area contributed by atoms with Crippen molar-refractivity contribution in [3.63, 3.8) is 0 Å². The number of carbonyl (C=O) groups is 1. The first kappa shape index (κ1) is 15.4. The SMILES string of the molecule is CCNC(=O)CN(CC)CC1(O)CCC(C)CC1. The van der Waals surface area contributed by atoms with Gasteiger partial charge in [0.25, 0.3) is 0 Å². The van der Waals surface area contributed by atoms with E-state index in [0.29, 0.717) is 19.6 Å². The predicted octanol–water partition coefficient (Wildman–Crippen LogP) is 1.39. The van der Waals surface area contributed by atoms with E-state index in [9.17, 15) is 9.90 Å². The molecule has 1 fully saturated rings. The van der Waals surface area contributed by atoms with Crippen molar-refractivity contribution in [2.45, 2.75) is 52.1 Å². The van der Waals surface area contributed by atoms with Crippen molar-refractivity contribution in [1.82, 2.24) is 10.2 Å². The Balaban J connectivity index is 2.44. The Hall–Kier alpha value is -0.610. The molecule has 18 heavy (non-hydrogen) atoms. The van der Waals surface area contributed by atoms with Gasteiger partial charge in [-0.25, -0.2) is 0 Å². The molecule has 0 aromatic rings. The number of carbonyl (C=O) groups excluding carboxylic acids is 1. The van der Waals surface area contributed by atoms with Gasteiger partial charge in [0, 0.05) is 13.1 Å². The molecule has 0 saturated heterocycles. The van der Waals surface area contributed by atoms with Crippen LogP contribution in [0.2, 0.25) is 0 Å². The summed E-state index contributed by atoms with van der Waals surface area (Å²) in [5.41, 5.74) is -0.588. The second kappa shape index (κ2) is 7.10. The van der Waals surface area contributed by atoms with E-state index in [1.807, 2.05) is 18.7 Å². The lowest BCUT2D eigenvalue weighted by Crippen LogP contribution is -2.48. The van der Waals surface area contributed by atoms with Crippen LogP contribution in [-0.2, 0) is 4.79 Å². The summed E-state index contributed by atoms with van der Waals surface area (Å²) < 4.78 is 0. The molecule has 106 valence electrons. The fourth-order valence-corrected chi connectivity index (χ4v) is 2.61. The lowest BCUT2D eigenvalue weighted by molar-refractivity contribution is -0.123. The van der Waals surface area contributed by atoms with Crippen LogP contribution in [0, 0.1) is 5.92 Å². The zero-order valence-corrected chi connectivity index (χ0v) is 12.0. The molecule has 0 heterocycles. The zero-order chi connectivity index (χ0) is 13.6. The molecule has 0 unspecified atom stereocenters. The van der Waals surface area contributed by atoms with Gasteiger partial charge in [-0.15, -0.1) is 0 Å². The molecular weight excluding hydrogens is 228 g/mol. The number of likely N-dealkylation sites (N-methyl/N-ethyl adjacent to an activating group) is 2. The summed E-state index contributed by atoms with van der Waals surface area (Å²) >= 11 is 0. The second-order valence-electron chi connectivity index (χ2n) is 5.66. The second-order valence-corrected chi connectivity index (χ2v) is 5.66. The number of aliphatic hydroxyl groups is 1. The fourth-order valence-electron chi connectivity index (χ4n) is 2.61. The van der Waals surface area contributed by atoms with Gasteiger partial charge in [-0.1, -0.05) is 13.8 Å². The first-order chi connectivity index (χ1) is 8.49. The molecule has 1 amide bonds. The molecular formula is C14H28N2O2. The van der Waals surface area contributed by atoms with Crippen LogP contribution in [0.1, 0.15) is 46.5 Å². The molecule has 1 saturated carbocycles. The summed E-state index contributed by atoms with van der Waals surface area (Å²) in [5, 5.41) is 13.4. The van der Waals surface area contributed by atoms with Crippen molar-refractivity contribution in [1.29, 1.82) is 0 Å². The highest BCUT2D eigenvalue weighted by molar-refractivity contribution is 5.77. The van der Waals surface area contributed by atoms with E-state index in [-0.39, 0.29) is 5.91 Å². The minimum absolute atomic E-state index is 0.0483. The van der Waals surface area contributed by atoms with Crippen molar-refractivity contribution in [3.05, 3.63) is 0 Å². The lowest BCUT2D eigenvalue weighted by Gasteiger charge is -2.38. The summed E-state index contributed by atoms with van der Waals surface area (Å²) in [6.45, 7) is 8.67. The number of hydrogen-bond donors (Lipinski definition) is 2. The summed E-state index contributed by atoms with van der Waals surface area (Å²) in [6.07, 6.45) is 3.91. The van der Waals surface area contributed by atoms with E-state index < -0.39 is 5.60 Å². The normalized spacial score (nSPS) is 28.4. The summed E-state index contributed by atoms with van der Waals surface area (Å²) in [7, 11) is 0. The molecule has 4 nitrogen and oxygen atoms in total. The van der Waals surface area contributed by atoms with Crippen LogP contribution in [0.15, 0.2) is 0 Å². The minimum atomic E-state index is -0.588. The predicted molar refractivity (Wildman–Crippen MR) is 73.4 cm³/mol. The maximum Gasteiger partial charge on any atom is 0.234 e. The Kier molecular flexibility index (Phi) is 6.09. The first-order valence-electron chi connectivity index (χ1n) is 7.20. The molecule has 1 aliphatic carbocycles. The van der Waals surface area contributed by atoms with E-state index in [4.69, 9.17) is 0 Å². The number of nitrogens with one attached hydrogen (secondary N) is 1. The third kappa shape index (κ3) is 4.94. The van der Waals surface area contributed by atoms with Crippen molar-refractivity contribution in [2.24, 2.45) is 5.92 Å². The monoisotopic (exact) mass is 256 g/mol. The highest BCUT2D eigenvalue weighted by atomic mass is 16.3. The van der Waals surface area contributed by atoms with Gasteiger partial charge in [0.15, 0.2) is 0 Å². The van der Waals surface area contributed by atoms with Crippen LogP contribution < -0.4 is 5.32 Å².